The Balaban J connectivity index is 1.30. The molecule has 2 aromatic carbocycles. The summed E-state index contributed by atoms with van der Waals surface area (Å²) >= 11 is 0. The van der Waals surface area contributed by atoms with E-state index < -0.39 is 0 Å². The zero-order valence-corrected chi connectivity index (χ0v) is 18.0. The van der Waals surface area contributed by atoms with E-state index in [0.717, 1.165) is 47.4 Å². The quantitative estimate of drug-likeness (QED) is 0.456. The Hall–Kier alpha value is -3.67. The predicted octanol–water partition coefficient (Wildman–Crippen LogP) is 4.84. The van der Waals surface area contributed by atoms with Crippen molar-refractivity contribution in [1.29, 1.82) is 0 Å². The smallest absolute Gasteiger partial charge is 0.272 e. The van der Waals surface area contributed by atoms with E-state index in [1.807, 2.05) is 65.6 Å². The van der Waals surface area contributed by atoms with Gasteiger partial charge in [-0.3, -0.25) is 4.79 Å². The summed E-state index contributed by atoms with van der Waals surface area (Å²) < 4.78 is 11.5. The first kappa shape index (κ1) is 20.2. The Morgan fingerprint density at radius 2 is 1.97 bits per heavy atom. The number of amides is 1. The van der Waals surface area contributed by atoms with E-state index in [1.54, 1.807) is 13.3 Å². The van der Waals surface area contributed by atoms with Crippen molar-refractivity contribution in [3.8, 4) is 5.75 Å². The number of pyridine rings is 1. The summed E-state index contributed by atoms with van der Waals surface area (Å²) in [5.41, 5.74) is 2.37. The average molecular weight is 428 g/mol. The minimum absolute atomic E-state index is 0.0405. The number of para-hydroxylation sites is 2. The Morgan fingerprint density at radius 3 is 2.88 bits per heavy atom. The molecule has 0 unspecified atom stereocenters. The average Bonchev–Trinajstić information content (AvgIpc) is 3.32. The molecule has 0 N–H and O–H groups in total. The van der Waals surface area contributed by atoms with E-state index in [1.165, 1.54) is 0 Å². The highest BCUT2D eigenvalue weighted by Crippen LogP contribution is 2.29. The fraction of sp³-hybridized carbons (Fsp3) is 0.269. The number of carbonyl (C=O) groups excluding carboxylic acids is 1. The third-order valence-electron chi connectivity index (χ3n) is 6.00. The molecule has 1 aliphatic rings. The van der Waals surface area contributed by atoms with Crippen molar-refractivity contribution in [3.05, 3.63) is 89.8 Å². The molecule has 4 aromatic rings. The van der Waals surface area contributed by atoms with Crippen molar-refractivity contribution in [2.75, 3.05) is 20.2 Å². The van der Waals surface area contributed by atoms with E-state index in [4.69, 9.17) is 9.15 Å². The van der Waals surface area contributed by atoms with E-state index in [0.29, 0.717) is 24.6 Å². The molecule has 0 radical (unpaired) electrons. The molecule has 0 spiro atoms. The molecule has 6 heteroatoms. The Labute approximate surface area is 186 Å². The normalized spacial score (nSPS) is 16.3. The third-order valence-corrected chi connectivity index (χ3v) is 6.00. The van der Waals surface area contributed by atoms with Gasteiger partial charge in [-0.15, -0.1) is 0 Å². The number of benzene rings is 2. The van der Waals surface area contributed by atoms with Crippen LogP contribution in [0.3, 0.4) is 0 Å². The van der Waals surface area contributed by atoms with Gasteiger partial charge in [0.1, 0.15) is 17.2 Å². The summed E-state index contributed by atoms with van der Waals surface area (Å²) in [4.78, 5) is 24.1. The van der Waals surface area contributed by atoms with Crippen molar-refractivity contribution in [2.24, 2.45) is 0 Å². The molecule has 162 valence electrons. The van der Waals surface area contributed by atoms with Crippen LogP contribution in [0.4, 0.5) is 0 Å². The topological polar surface area (TPSA) is 68.5 Å². The van der Waals surface area contributed by atoms with Gasteiger partial charge in [-0.1, -0.05) is 42.5 Å². The number of hydrogen-bond donors (Lipinski definition) is 0. The summed E-state index contributed by atoms with van der Waals surface area (Å²) in [6.07, 6.45) is 4.26. The molecule has 5 rings (SSSR count). The molecule has 0 bridgehead atoms. The lowest BCUT2D eigenvalue weighted by atomic mass is 9.97. The van der Waals surface area contributed by atoms with Gasteiger partial charge in [-0.05, 0) is 31.0 Å². The number of piperidine rings is 1. The molecule has 2 aromatic heterocycles. The van der Waals surface area contributed by atoms with Crippen LogP contribution in [-0.4, -0.2) is 41.0 Å². The Bertz CT molecular complexity index is 1250. The van der Waals surface area contributed by atoms with Crippen LogP contribution >= 0.6 is 0 Å². The summed E-state index contributed by atoms with van der Waals surface area (Å²) in [6, 6.07) is 19.5. The van der Waals surface area contributed by atoms with E-state index >= 15 is 0 Å². The van der Waals surface area contributed by atoms with Crippen LogP contribution in [-0.2, 0) is 6.42 Å². The first-order valence-corrected chi connectivity index (χ1v) is 10.9. The molecule has 1 fully saturated rings. The molecular formula is C26H25N3O3. The minimum atomic E-state index is -0.0405. The number of methoxy groups -OCH3 is 1. The highest BCUT2D eigenvalue weighted by atomic mass is 16.5. The summed E-state index contributed by atoms with van der Waals surface area (Å²) in [6.45, 7) is 1.31. The van der Waals surface area contributed by atoms with Gasteiger partial charge < -0.3 is 14.1 Å². The lowest BCUT2D eigenvalue weighted by molar-refractivity contribution is 0.0692. The van der Waals surface area contributed by atoms with Crippen molar-refractivity contribution in [1.82, 2.24) is 14.9 Å². The maximum absolute atomic E-state index is 13.1. The molecule has 6 nitrogen and oxygen atoms in total. The summed E-state index contributed by atoms with van der Waals surface area (Å²) in [7, 11) is 1.67. The Kier molecular flexibility index (Phi) is 5.58. The largest absolute Gasteiger partial charge is 0.496 e. The van der Waals surface area contributed by atoms with Gasteiger partial charge in [0.2, 0.25) is 0 Å². The molecule has 0 aliphatic carbocycles. The van der Waals surface area contributed by atoms with Gasteiger partial charge in [-0.2, -0.15) is 0 Å². The van der Waals surface area contributed by atoms with Crippen molar-refractivity contribution in [3.63, 3.8) is 0 Å². The molecular weight excluding hydrogens is 402 g/mol. The number of carbonyl (C=O) groups is 1. The fourth-order valence-corrected chi connectivity index (χ4v) is 4.34. The minimum Gasteiger partial charge on any atom is -0.496 e. The molecule has 3 heterocycles. The van der Waals surface area contributed by atoms with Gasteiger partial charge in [0.25, 0.3) is 5.91 Å². The van der Waals surface area contributed by atoms with Crippen molar-refractivity contribution < 1.29 is 13.9 Å². The summed E-state index contributed by atoms with van der Waals surface area (Å²) in [5.74, 6) is 2.37. The van der Waals surface area contributed by atoms with Gasteiger partial charge in [0.05, 0.1) is 24.7 Å². The highest BCUT2D eigenvalue weighted by molar-refractivity contribution is 5.95. The number of likely N-dealkylation sites (tertiary alicyclic amines) is 1. The maximum atomic E-state index is 13.1. The number of fused-ring (bicyclic) bond motifs is 1. The van der Waals surface area contributed by atoms with Crippen LogP contribution in [0.5, 0.6) is 5.75 Å². The number of hydrogen-bond acceptors (Lipinski definition) is 5. The number of ether oxygens (including phenoxy) is 1. The molecule has 0 saturated carbocycles. The lowest BCUT2D eigenvalue weighted by Gasteiger charge is -2.31. The van der Waals surface area contributed by atoms with Crippen LogP contribution in [0.15, 0.2) is 71.3 Å². The molecule has 1 saturated heterocycles. The van der Waals surface area contributed by atoms with Crippen molar-refractivity contribution in [2.45, 2.75) is 25.2 Å². The van der Waals surface area contributed by atoms with Crippen LogP contribution in [0.1, 0.15) is 46.5 Å². The fourth-order valence-electron chi connectivity index (χ4n) is 4.34. The Morgan fingerprint density at radius 1 is 1.12 bits per heavy atom. The molecule has 32 heavy (non-hydrogen) atoms. The number of nitrogens with zero attached hydrogens (tertiary/aromatic N) is 3. The van der Waals surface area contributed by atoms with Gasteiger partial charge in [0, 0.05) is 30.5 Å². The maximum Gasteiger partial charge on any atom is 0.272 e. The molecule has 1 amide bonds. The first-order chi connectivity index (χ1) is 15.7. The van der Waals surface area contributed by atoms with Gasteiger partial charge >= 0.3 is 0 Å². The van der Waals surface area contributed by atoms with Crippen LogP contribution in [0, 0.1) is 0 Å². The number of rotatable bonds is 5. The second-order valence-electron chi connectivity index (χ2n) is 8.13. The lowest BCUT2D eigenvalue weighted by Crippen LogP contribution is -2.39. The van der Waals surface area contributed by atoms with Crippen LogP contribution in [0.25, 0.3) is 10.9 Å². The SMILES string of the molecule is COc1ccccc1Cc1cnc([C@@H]2CCCN(C(=O)c3ccc4ccccc4n3)C2)o1. The molecule has 1 atom stereocenters. The van der Waals surface area contributed by atoms with E-state index in [2.05, 4.69) is 9.97 Å². The van der Waals surface area contributed by atoms with Crippen LogP contribution in [0.2, 0.25) is 0 Å². The second kappa shape index (κ2) is 8.83. The third kappa shape index (κ3) is 4.08. The number of aromatic nitrogens is 2. The van der Waals surface area contributed by atoms with E-state index in [-0.39, 0.29) is 11.8 Å². The van der Waals surface area contributed by atoms with Crippen molar-refractivity contribution >= 4 is 16.8 Å². The highest BCUT2D eigenvalue weighted by Gasteiger charge is 2.29. The van der Waals surface area contributed by atoms with Crippen LogP contribution < -0.4 is 4.74 Å². The van der Waals surface area contributed by atoms with E-state index in [9.17, 15) is 4.79 Å². The second-order valence-corrected chi connectivity index (χ2v) is 8.13. The zero-order chi connectivity index (χ0) is 21.9. The monoisotopic (exact) mass is 427 g/mol. The standard InChI is InChI=1S/C26H25N3O3/c1-31-24-11-5-3-8-19(24)15-21-16-27-25(32-21)20-9-6-14-29(17-20)26(30)23-13-12-18-7-2-4-10-22(18)28-23/h2-5,7-8,10-13,16,20H,6,9,14-15,17H2,1H3/t20-/m1/s1. The predicted molar refractivity (Wildman–Crippen MR) is 122 cm³/mol. The van der Waals surface area contributed by atoms with Gasteiger partial charge in [0.15, 0.2) is 5.89 Å². The van der Waals surface area contributed by atoms with Gasteiger partial charge in [-0.25, -0.2) is 9.97 Å². The number of oxazole rings is 1. The molecule has 1 aliphatic heterocycles. The first-order valence-electron chi connectivity index (χ1n) is 10.9. The summed E-state index contributed by atoms with van der Waals surface area (Å²) in [5, 5.41) is 1.03. The zero-order valence-electron chi connectivity index (χ0n) is 18.0.